The number of nitrogens with one attached hydrogen (secondary N) is 1. The molecule has 0 radical (unpaired) electrons. The van der Waals surface area contributed by atoms with Gasteiger partial charge in [0.25, 0.3) is 5.91 Å². The first kappa shape index (κ1) is 22.1. The zero-order chi connectivity index (χ0) is 23.4. The number of ether oxygens (including phenoxy) is 1. The van der Waals surface area contributed by atoms with Crippen molar-refractivity contribution in [3.8, 4) is 17.1 Å². The minimum absolute atomic E-state index is 0.0403. The lowest BCUT2D eigenvalue weighted by Gasteiger charge is -2.11. The van der Waals surface area contributed by atoms with E-state index in [4.69, 9.17) is 4.74 Å². The van der Waals surface area contributed by atoms with Gasteiger partial charge in [-0.2, -0.15) is 13.2 Å². The maximum absolute atomic E-state index is 13.4. The number of carbonyl (C=O) groups excluding carboxylic acids is 1. The fourth-order valence-electron chi connectivity index (χ4n) is 3.21. The lowest BCUT2D eigenvalue weighted by molar-refractivity contribution is -0.156. The zero-order valence-corrected chi connectivity index (χ0v) is 17.4. The molecule has 168 valence electrons. The summed E-state index contributed by atoms with van der Waals surface area (Å²) in [5, 5.41) is 6.37. The van der Waals surface area contributed by atoms with Crippen molar-refractivity contribution in [2.24, 2.45) is 0 Å². The van der Waals surface area contributed by atoms with Crippen molar-refractivity contribution in [3.63, 3.8) is 0 Å². The van der Waals surface area contributed by atoms with Gasteiger partial charge in [0.15, 0.2) is 0 Å². The Morgan fingerprint density at radius 3 is 2.30 bits per heavy atom. The maximum Gasteiger partial charge on any atom is 0.452 e. The molecule has 0 aliphatic rings. The Balaban J connectivity index is 1.54. The third kappa shape index (κ3) is 5.03. The molecule has 1 N–H and O–H groups in total. The molecule has 2 heterocycles. The number of pyridine rings is 1. The molecule has 4 rings (SSSR count). The number of alkyl halides is 3. The van der Waals surface area contributed by atoms with Crippen LogP contribution in [0, 0.1) is 6.92 Å². The third-order valence-corrected chi connectivity index (χ3v) is 4.79. The molecule has 0 fully saturated rings. The second kappa shape index (κ2) is 9.15. The molecule has 9 heteroatoms. The first-order valence-corrected chi connectivity index (χ1v) is 9.91. The van der Waals surface area contributed by atoms with E-state index < -0.39 is 18.5 Å². The molecule has 0 saturated carbocycles. The van der Waals surface area contributed by atoms with Crippen molar-refractivity contribution in [2.45, 2.75) is 19.7 Å². The van der Waals surface area contributed by atoms with Gasteiger partial charge < -0.3 is 14.6 Å². The fraction of sp³-hybridized carbons (Fsp3) is 0.125. The minimum atomic E-state index is -4.73. The normalized spacial score (nSPS) is 11.3. The van der Waals surface area contributed by atoms with Crippen molar-refractivity contribution in [2.75, 3.05) is 5.32 Å². The van der Waals surface area contributed by atoms with Gasteiger partial charge >= 0.3 is 6.18 Å². The van der Waals surface area contributed by atoms with E-state index in [1.165, 1.54) is 12.1 Å². The summed E-state index contributed by atoms with van der Waals surface area (Å²) in [4.78, 5) is 16.7. The Bertz CT molecular complexity index is 1260. The van der Waals surface area contributed by atoms with Crippen LogP contribution in [0.25, 0.3) is 11.3 Å². The Hall–Kier alpha value is -4.14. The first-order valence-electron chi connectivity index (χ1n) is 9.91. The standard InChI is InChI=1S/C24H18F3N3O3/c1-15-18(23(31)29-17-10-6-3-7-11-17)12-13-20(28-15)32-14-19-21(16-8-4-2-5-9-16)30-33-22(19)24(25,26)27/h2-13H,14H2,1H3,(H,29,31). The number of nitrogens with zero attached hydrogens (tertiary/aromatic N) is 2. The second-order valence-corrected chi connectivity index (χ2v) is 7.09. The maximum atomic E-state index is 13.4. The molecule has 1 amide bonds. The molecule has 0 atom stereocenters. The van der Waals surface area contributed by atoms with Crippen LogP contribution in [0.5, 0.6) is 5.88 Å². The van der Waals surface area contributed by atoms with Crippen molar-refractivity contribution < 1.29 is 27.2 Å². The van der Waals surface area contributed by atoms with Gasteiger partial charge in [-0.05, 0) is 25.1 Å². The largest absolute Gasteiger partial charge is 0.473 e. The number of hydrogen-bond acceptors (Lipinski definition) is 5. The summed E-state index contributed by atoms with van der Waals surface area (Å²) in [7, 11) is 0. The number of carbonyl (C=O) groups is 1. The molecule has 2 aromatic carbocycles. The quantitative estimate of drug-likeness (QED) is 0.394. The minimum Gasteiger partial charge on any atom is -0.473 e. The first-order chi connectivity index (χ1) is 15.8. The van der Waals surface area contributed by atoms with Crippen LogP contribution in [0.3, 0.4) is 0 Å². The van der Waals surface area contributed by atoms with E-state index >= 15 is 0 Å². The predicted molar refractivity (Wildman–Crippen MR) is 115 cm³/mol. The highest BCUT2D eigenvalue weighted by Gasteiger charge is 2.40. The van der Waals surface area contributed by atoms with Gasteiger partial charge in [0, 0.05) is 17.3 Å². The number of anilines is 1. The molecular weight excluding hydrogens is 435 g/mol. The number of halogens is 3. The lowest BCUT2D eigenvalue weighted by atomic mass is 10.1. The molecular formula is C24H18F3N3O3. The Kier molecular flexibility index (Phi) is 6.12. The molecule has 0 bridgehead atoms. The highest BCUT2D eigenvalue weighted by atomic mass is 19.4. The SMILES string of the molecule is Cc1nc(OCc2c(-c3ccccc3)noc2C(F)(F)F)ccc1C(=O)Nc1ccccc1. The van der Waals surface area contributed by atoms with E-state index in [1.54, 1.807) is 61.5 Å². The fourth-order valence-corrected chi connectivity index (χ4v) is 3.21. The van der Waals surface area contributed by atoms with Crippen LogP contribution in [-0.4, -0.2) is 16.0 Å². The number of aryl methyl sites for hydroxylation is 1. The third-order valence-electron chi connectivity index (χ3n) is 4.79. The topological polar surface area (TPSA) is 77.2 Å². The Morgan fingerprint density at radius 2 is 1.67 bits per heavy atom. The predicted octanol–water partition coefficient (Wildman–Crippen LogP) is 5.90. The summed E-state index contributed by atoms with van der Waals surface area (Å²) in [5.41, 5.74) is 1.58. The summed E-state index contributed by atoms with van der Waals surface area (Å²) in [6.07, 6.45) is -4.73. The Labute approximate surface area is 187 Å². The highest BCUT2D eigenvalue weighted by Crippen LogP contribution is 2.37. The monoisotopic (exact) mass is 453 g/mol. The lowest BCUT2D eigenvalue weighted by Crippen LogP contribution is -2.14. The van der Waals surface area contributed by atoms with Crippen LogP contribution >= 0.6 is 0 Å². The van der Waals surface area contributed by atoms with Gasteiger partial charge in [0.05, 0.1) is 16.8 Å². The summed E-state index contributed by atoms with van der Waals surface area (Å²) in [6.45, 7) is 1.15. The number of aromatic nitrogens is 2. The van der Waals surface area contributed by atoms with Gasteiger partial charge in [-0.1, -0.05) is 53.7 Å². The number of benzene rings is 2. The number of hydrogen-bond donors (Lipinski definition) is 1. The van der Waals surface area contributed by atoms with Crippen LogP contribution in [-0.2, 0) is 12.8 Å². The van der Waals surface area contributed by atoms with E-state index in [1.807, 2.05) is 6.07 Å². The van der Waals surface area contributed by atoms with Crippen LogP contribution in [0.1, 0.15) is 27.4 Å². The average Bonchev–Trinajstić information content (AvgIpc) is 3.23. The molecule has 0 saturated heterocycles. The summed E-state index contributed by atoms with van der Waals surface area (Å²) in [5.74, 6) is -1.52. The molecule has 0 aliphatic carbocycles. The number of para-hydroxylation sites is 1. The summed E-state index contributed by atoms with van der Waals surface area (Å²) < 4.78 is 50.5. The molecule has 0 unspecified atom stereocenters. The van der Waals surface area contributed by atoms with Gasteiger partial charge in [-0.3, -0.25) is 4.79 Å². The van der Waals surface area contributed by atoms with E-state index in [0.29, 0.717) is 22.5 Å². The molecule has 4 aromatic rings. The summed E-state index contributed by atoms with van der Waals surface area (Å²) in [6, 6.07) is 20.2. The average molecular weight is 453 g/mol. The van der Waals surface area contributed by atoms with Crippen molar-refractivity contribution in [1.29, 1.82) is 0 Å². The Morgan fingerprint density at radius 1 is 1.00 bits per heavy atom. The van der Waals surface area contributed by atoms with Crippen molar-refractivity contribution in [3.05, 3.63) is 95.4 Å². The smallest absolute Gasteiger partial charge is 0.452 e. The second-order valence-electron chi connectivity index (χ2n) is 7.09. The van der Waals surface area contributed by atoms with Gasteiger partial charge in [-0.25, -0.2) is 4.98 Å². The zero-order valence-electron chi connectivity index (χ0n) is 17.4. The van der Waals surface area contributed by atoms with Crippen LogP contribution in [0.2, 0.25) is 0 Å². The number of amides is 1. The van der Waals surface area contributed by atoms with Gasteiger partial charge in [-0.15, -0.1) is 0 Å². The molecule has 33 heavy (non-hydrogen) atoms. The number of rotatable bonds is 6. The summed E-state index contributed by atoms with van der Waals surface area (Å²) >= 11 is 0. The van der Waals surface area contributed by atoms with Crippen LogP contribution in [0.4, 0.5) is 18.9 Å². The highest BCUT2D eigenvalue weighted by molar-refractivity contribution is 6.05. The van der Waals surface area contributed by atoms with E-state index in [0.717, 1.165) is 0 Å². The van der Waals surface area contributed by atoms with Crippen molar-refractivity contribution >= 4 is 11.6 Å². The van der Waals surface area contributed by atoms with E-state index in [9.17, 15) is 18.0 Å². The van der Waals surface area contributed by atoms with Gasteiger partial charge in [0.1, 0.15) is 12.3 Å². The van der Waals surface area contributed by atoms with E-state index in [2.05, 4.69) is 20.0 Å². The molecule has 2 aromatic heterocycles. The van der Waals surface area contributed by atoms with Gasteiger partial charge in [0.2, 0.25) is 11.6 Å². The van der Waals surface area contributed by atoms with Crippen molar-refractivity contribution in [1.82, 2.24) is 10.1 Å². The molecule has 0 spiro atoms. The molecule has 6 nitrogen and oxygen atoms in total. The van der Waals surface area contributed by atoms with Crippen LogP contribution in [0.15, 0.2) is 77.3 Å². The molecule has 0 aliphatic heterocycles. The van der Waals surface area contributed by atoms with Crippen LogP contribution < -0.4 is 10.1 Å². The van der Waals surface area contributed by atoms with E-state index in [-0.39, 0.29) is 23.0 Å².